The van der Waals surface area contributed by atoms with Crippen LogP contribution in [0.3, 0.4) is 0 Å². The Hall–Kier alpha value is -3.37. The molecule has 3 heterocycles. The maximum Gasteiger partial charge on any atom is 0.323 e. The molecule has 1 aromatic heterocycles. The van der Waals surface area contributed by atoms with Gasteiger partial charge in [-0.1, -0.05) is 53.8 Å². The van der Waals surface area contributed by atoms with E-state index in [1.165, 1.54) is 11.3 Å². The van der Waals surface area contributed by atoms with Gasteiger partial charge in [-0.25, -0.2) is 0 Å². The summed E-state index contributed by atoms with van der Waals surface area (Å²) < 4.78 is 5.98. The lowest BCUT2D eigenvalue weighted by Gasteiger charge is -2.43. The molecule has 7 atom stereocenters. The highest BCUT2D eigenvalue weighted by Gasteiger charge is 2.69. The molecule has 1 saturated heterocycles. The van der Waals surface area contributed by atoms with E-state index in [4.69, 9.17) is 4.74 Å². The number of likely N-dealkylation sites (tertiary alicyclic amines) is 1. The number of nitrogens with one attached hydrogen (secondary N) is 1. The van der Waals surface area contributed by atoms with Gasteiger partial charge in [-0.3, -0.25) is 24.1 Å². The predicted molar refractivity (Wildman–Crippen MR) is 140 cm³/mol. The lowest BCUT2D eigenvalue weighted by Crippen LogP contribution is -2.42. The van der Waals surface area contributed by atoms with Gasteiger partial charge in [-0.15, -0.1) is 11.8 Å². The number of imide groups is 1. The first-order chi connectivity index (χ1) is 18.4. The van der Waals surface area contributed by atoms with Crippen LogP contribution >= 0.6 is 23.1 Å². The number of fused-ring (bicyclic) bond motifs is 9. The van der Waals surface area contributed by atoms with Crippen LogP contribution in [0.25, 0.3) is 0 Å². The van der Waals surface area contributed by atoms with Crippen LogP contribution in [0.4, 0.5) is 0 Å². The first-order valence-electron chi connectivity index (χ1n) is 12.6. The summed E-state index contributed by atoms with van der Waals surface area (Å²) in [5, 5.41) is 10.2. The standard InChI is InChI=1S/C28H24N2O6S2/c31-18(32)11-30-26(33)21-16-10-17(22(21)27(30)34)23-20(16)19(24-25(37-23)29-28(35)38-24)14-6-8-15(9-7-14)36-12-13-4-2-1-3-5-13/h1-9,16-17,19-23H,10-12H2,(H,29,35)(H,31,32)/t16-,17+,19-,20+,21+,22+,23+/m0/s1. The number of carboxylic acid groups (broad SMARTS) is 1. The molecule has 194 valence electrons. The zero-order valence-electron chi connectivity index (χ0n) is 20.1. The predicted octanol–water partition coefficient (Wildman–Crippen LogP) is 3.57. The third-order valence-corrected chi connectivity index (χ3v) is 11.2. The van der Waals surface area contributed by atoms with Gasteiger partial charge in [0.15, 0.2) is 0 Å². The Morgan fingerprint density at radius 3 is 2.42 bits per heavy atom. The van der Waals surface area contributed by atoms with Gasteiger partial charge in [0.25, 0.3) is 0 Å². The summed E-state index contributed by atoms with van der Waals surface area (Å²) in [6.45, 7) is -0.120. The molecule has 2 aromatic carbocycles. The molecule has 2 aliphatic heterocycles. The first kappa shape index (κ1) is 23.7. The van der Waals surface area contributed by atoms with Crippen LogP contribution in [0, 0.1) is 29.6 Å². The Labute approximate surface area is 226 Å². The number of aromatic amines is 1. The van der Waals surface area contributed by atoms with Crippen LogP contribution in [0.1, 0.15) is 28.3 Å². The van der Waals surface area contributed by atoms with Crippen molar-refractivity contribution in [3.63, 3.8) is 0 Å². The number of hydrogen-bond acceptors (Lipinski definition) is 7. The van der Waals surface area contributed by atoms with E-state index < -0.39 is 24.3 Å². The van der Waals surface area contributed by atoms with E-state index in [1.807, 2.05) is 54.6 Å². The van der Waals surface area contributed by atoms with Crippen molar-refractivity contribution in [1.82, 2.24) is 9.88 Å². The number of thiazole rings is 1. The molecule has 3 aromatic rings. The molecule has 2 aliphatic carbocycles. The Kier molecular flexibility index (Phi) is 5.52. The van der Waals surface area contributed by atoms with Gasteiger partial charge in [-0.2, -0.15) is 0 Å². The number of thioether (sulfide) groups is 1. The van der Waals surface area contributed by atoms with Crippen LogP contribution in [-0.4, -0.2) is 44.6 Å². The van der Waals surface area contributed by atoms with Gasteiger partial charge in [0, 0.05) is 16.0 Å². The molecule has 10 heteroatoms. The van der Waals surface area contributed by atoms with Crippen LogP contribution in [0.5, 0.6) is 5.75 Å². The highest BCUT2D eigenvalue weighted by molar-refractivity contribution is 8.00. The highest BCUT2D eigenvalue weighted by Crippen LogP contribution is 2.68. The van der Waals surface area contributed by atoms with Crippen molar-refractivity contribution in [3.8, 4) is 5.75 Å². The number of nitrogens with zero attached hydrogens (tertiary/aromatic N) is 1. The van der Waals surface area contributed by atoms with Crippen molar-refractivity contribution >= 4 is 40.9 Å². The number of benzene rings is 2. The number of carbonyl (C=O) groups excluding carboxylic acids is 2. The summed E-state index contributed by atoms with van der Waals surface area (Å²) in [6, 6.07) is 17.9. The average molecular weight is 549 g/mol. The van der Waals surface area contributed by atoms with Crippen molar-refractivity contribution in [2.75, 3.05) is 6.54 Å². The summed E-state index contributed by atoms with van der Waals surface area (Å²) in [7, 11) is 0. The molecule has 8 nitrogen and oxygen atoms in total. The molecule has 0 radical (unpaired) electrons. The normalized spacial score (nSPS) is 30.7. The van der Waals surface area contributed by atoms with Gasteiger partial charge in [0.1, 0.15) is 18.9 Å². The monoisotopic (exact) mass is 548 g/mol. The summed E-state index contributed by atoms with van der Waals surface area (Å²) in [5.41, 5.74) is 2.13. The zero-order chi connectivity index (χ0) is 26.1. The minimum atomic E-state index is -1.18. The molecule has 4 aliphatic rings. The quantitative estimate of drug-likeness (QED) is 0.453. The van der Waals surface area contributed by atoms with Gasteiger partial charge < -0.3 is 14.8 Å². The van der Waals surface area contributed by atoms with E-state index in [2.05, 4.69) is 4.98 Å². The zero-order valence-corrected chi connectivity index (χ0v) is 21.7. The maximum absolute atomic E-state index is 13.3. The third kappa shape index (κ3) is 3.57. The minimum absolute atomic E-state index is 0.0252. The fourth-order valence-electron chi connectivity index (χ4n) is 7.26. The van der Waals surface area contributed by atoms with Gasteiger partial charge in [0.05, 0.1) is 16.9 Å². The van der Waals surface area contributed by atoms with Crippen LogP contribution in [0.15, 0.2) is 64.4 Å². The number of rotatable bonds is 6. The summed E-state index contributed by atoms with van der Waals surface area (Å²) in [4.78, 5) is 55.0. The maximum atomic E-state index is 13.3. The van der Waals surface area contributed by atoms with Crippen molar-refractivity contribution in [3.05, 3.63) is 80.3 Å². The first-order valence-corrected chi connectivity index (χ1v) is 14.3. The Morgan fingerprint density at radius 1 is 1.00 bits per heavy atom. The summed E-state index contributed by atoms with van der Waals surface area (Å²) in [6.07, 6.45) is 0.768. The third-order valence-electron chi connectivity index (χ3n) is 8.60. The van der Waals surface area contributed by atoms with Crippen molar-refractivity contribution in [2.45, 2.75) is 29.2 Å². The lowest BCUT2D eigenvalue weighted by atomic mass is 9.68. The molecule has 3 fully saturated rings. The van der Waals surface area contributed by atoms with Crippen LogP contribution < -0.4 is 9.61 Å². The van der Waals surface area contributed by atoms with Gasteiger partial charge >= 0.3 is 10.8 Å². The minimum Gasteiger partial charge on any atom is -0.489 e. The molecule has 38 heavy (non-hydrogen) atoms. The number of carboxylic acids is 1. The van der Waals surface area contributed by atoms with Crippen molar-refractivity contribution in [1.29, 1.82) is 0 Å². The van der Waals surface area contributed by atoms with Crippen molar-refractivity contribution in [2.24, 2.45) is 29.6 Å². The Morgan fingerprint density at radius 2 is 1.71 bits per heavy atom. The second-order valence-corrected chi connectivity index (χ2v) is 12.7. The Bertz CT molecular complexity index is 1500. The van der Waals surface area contributed by atoms with E-state index in [0.29, 0.717) is 6.61 Å². The molecule has 2 N–H and O–H groups in total. The van der Waals surface area contributed by atoms with E-state index in [9.17, 15) is 24.3 Å². The molecule has 2 bridgehead atoms. The van der Waals surface area contributed by atoms with Crippen LogP contribution in [0.2, 0.25) is 0 Å². The smallest absolute Gasteiger partial charge is 0.323 e. The molecular formula is C28H24N2O6S2. The van der Waals surface area contributed by atoms with E-state index in [1.54, 1.807) is 11.8 Å². The second-order valence-electron chi connectivity index (χ2n) is 10.5. The molecular weight excluding hydrogens is 524 g/mol. The second kappa shape index (κ2) is 8.84. The summed E-state index contributed by atoms with van der Waals surface area (Å²) in [5.74, 6) is -2.18. The fourth-order valence-corrected chi connectivity index (χ4v) is 10.1. The summed E-state index contributed by atoms with van der Waals surface area (Å²) >= 11 is 2.83. The van der Waals surface area contributed by atoms with Gasteiger partial charge in [-0.05, 0) is 47.4 Å². The number of H-pyrrole nitrogens is 1. The highest BCUT2D eigenvalue weighted by atomic mass is 32.2. The Balaban J connectivity index is 1.21. The SMILES string of the molecule is O=C(O)CN1C(=O)[C@@H]2[C@H]3C[C@@H]([C@H]4Sc5[nH]c(=O)sc5[C@@H](c5ccc(OCc6ccccc6)cc5)[C@@H]34)[C@H]2C1=O. The number of carbonyl (C=O) groups is 3. The van der Waals surface area contributed by atoms with E-state index >= 15 is 0 Å². The number of amides is 2. The number of aromatic nitrogens is 1. The van der Waals surface area contributed by atoms with Gasteiger partial charge in [0.2, 0.25) is 11.8 Å². The number of hydrogen-bond donors (Lipinski definition) is 2. The van der Waals surface area contributed by atoms with Crippen molar-refractivity contribution < 1.29 is 24.2 Å². The average Bonchev–Trinajstić information content (AvgIpc) is 3.64. The lowest BCUT2D eigenvalue weighted by molar-refractivity contribution is -0.149. The molecule has 2 amide bonds. The molecule has 0 spiro atoms. The molecule has 2 saturated carbocycles. The number of aliphatic carboxylic acids is 1. The van der Waals surface area contributed by atoms with Crippen LogP contribution in [-0.2, 0) is 21.0 Å². The largest absolute Gasteiger partial charge is 0.489 e. The fraction of sp³-hybridized carbons (Fsp3) is 0.357. The topological polar surface area (TPSA) is 117 Å². The van der Waals surface area contributed by atoms with E-state index in [0.717, 1.165) is 38.1 Å². The van der Waals surface area contributed by atoms with E-state index in [-0.39, 0.29) is 45.6 Å². The molecule has 0 unspecified atom stereocenters. The number of ether oxygens (including phenoxy) is 1. The molecule has 7 rings (SSSR count).